The minimum absolute atomic E-state index is 0.151. The number of thioether (sulfide) groups is 1. The average Bonchev–Trinajstić information content (AvgIpc) is 3.17. The molecule has 1 saturated heterocycles. The Morgan fingerprint density at radius 3 is 2.88 bits per heavy atom. The van der Waals surface area contributed by atoms with Crippen LogP contribution in [0.15, 0.2) is 24.0 Å². The van der Waals surface area contributed by atoms with Crippen LogP contribution in [0.4, 0.5) is 5.95 Å². The Kier molecular flexibility index (Phi) is 6.52. The third kappa shape index (κ3) is 3.68. The van der Waals surface area contributed by atoms with Gasteiger partial charge in [-0.05, 0) is 0 Å². The van der Waals surface area contributed by atoms with Crippen molar-refractivity contribution in [3.05, 3.63) is 19.0 Å². The van der Waals surface area contributed by atoms with Crippen LogP contribution >= 0.6 is 11.8 Å². The number of nitrogen functional groups attached to an aromatic ring is 1. The summed E-state index contributed by atoms with van der Waals surface area (Å²) in [5, 5.41) is 26.7. The van der Waals surface area contributed by atoms with E-state index >= 15 is 0 Å². The molecule has 3 rings (SSSR count). The molecule has 9 nitrogen and oxygen atoms in total. The van der Waals surface area contributed by atoms with Crippen molar-refractivity contribution >= 4 is 28.9 Å². The summed E-state index contributed by atoms with van der Waals surface area (Å²) in [7, 11) is 1.00. The van der Waals surface area contributed by atoms with E-state index in [1.165, 1.54) is 11.8 Å². The molecule has 10 heteroatoms. The predicted octanol–water partition coefficient (Wildman–Crippen LogP) is -0.0642. The first-order chi connectivity index (χ1) is 11.6. The summed E-state index contributed by atoms with van der Waals surface area (Å²) in [5.41, 5.74) is 6.95. The van der Waals surface area contributed by atoms with Gasteiger partial charge in [0.2, 0.25) is 5.95 Å². The molecule has 3 heterocycles. The second-order valence-electron chi connectivity index (χ2n) is 4.93. The Balaban J connectivity index is 0.00000100. The van der Waals surface area contributed by atoms with Crippen LogP contribution in [0.1, 0.15) is 12.6 Å². The second kappa shape index (κ2) is 8.40. The average molecular weight is 355 g/mol. The van der Waals surface area contributed by atoms with Gasteiger partial charge in [0.15, 0.2) is 5.65 Å². The van der Waals surface area contributed by atoms with E-state index in [1.807, 2.05) is 0 Å². The topological polar surface area (TPSA) is 140 Å². The third-order valence-corrected chi connectivity index (χ3v) is 4.40. The van der Waals surface area contributed by atoms with Gasteiger partial charge in [-0.3, -0.25) is 4.57 Å². The Labute approximate surface area is 143 Å². The van der Waals surface area contributed by atoms with Crippen molar-refractivity contribution in [1.29, 1.82) is 0 Å². The Morgan fingerprint density at radius 2 is 2.25 bits per heavy atom. The van der Waals surface area contributed by atoms with Gasteiger partial charge in [-0.15, -0.1) is 6.58 Å². The van der Waals surface area contributed by atoms with Crippen LogP contribution in [-0.2, 0) is 4.74 Å². The molecule has 5 N–H and O–H groups in total. The number of fused-ring (bicyclic) bond motifs is 1. The van der Waals surface area contributed by atoms with E-state index in [9.17, 15) is 10.2 Å². The summed E-state index contributed by atoms with van der Waals surface area (Å²) in [6.07, 6.45) is 1.96. The quantitative estimate of drug-likeness (QED) is 0.330. The van der Waals surface area contributed by atoms with Crippen LogP contribution in [-0.4, -0.2) is 66.5 Å². The lowest BCUT2D eigenvalue weighted by Crippen LogP contribution is -2.24. The lowest BCUT2D eigenvalue weighted by atomic mass is 10.2. The van der Waals surface area contributed by atoms with E-state index in [4.69, 9.17) is 15.6 Å². The van der Waals surface area contributed by atoms with E-state index in [0.717, 1.165) is 7.11 Å². The first-order valence-corrected chi connectivity index (χ1v) is 8.25. The second-order valence-corrected chi connectivity index (χ2v) is 5.93. The van der Waals surface area contributed by atoms with Crippen LogP contribution in [0.3, 0.4) is 0 Å². The molecule has 24 heavy (non-hydrogen) atoms. The number of hydrogen-bond acceptors (Lipinski definition) is 9. The van der Waals surface area contributed by atoms with Gasteiger partial charge < -0.3 is 25.8 Å². The highest BCUT2D eigenvalue weighted by Crippen LogP contribution is 2.32. The number of nitrogens with two attached hydrogens (primary N) is 1. The van der Waals surface area contributed by atoms with Crippen LogP contribution in [0.25, 0.3) is 11.2 Å². The maximum absolute atomic E-state index is 9.86. The van der Waals surface area contributed by atoms with Crippen molar-refractivity contribution in [2.45, 2.75) is 29.9 Å². The normalized spacial score (nSPS) is 23.1. The first kappa shape index (κ1) is 18.6. The van der Waals surface area contributed by atoms with Crippen LogP contribution < -0.4 is 5.73 Å². The van der Waals surface area contributed by atoms with E-state index in [1.54, 1.807) is 17.0 Å². The molecule has 0 aliphatic carbocycles. The fraction of sp³-hybridized carbons (Fsp3) is 0.500. The van der Waals surface area contributed by atoms with E-state index in [0.29, 0.717) is 28.4 Å². The third-order valence-electron chi connectivity index (χ3n) is 3.44. The Morgan fingerprint density at radius 1 is 1.50 bits per heavy atom. The molecule has 0 radical (unpaired) electrons. The molecule has 3 unspecified atom stereocenters. The molecule has 0 aromatic carbocycles. The van der Waals surface area contributed by atoms with Crippen molar-refractivity contribution in [2.24, 2.45) is 0 Å². The highest BCUT2D eigenvalue weighted by molar-refractivity contribution is 7.99. The smallest absolute Gasteiger partial charge is 0.223 e. The summed E-state index contributed by atoms with van der Waals surface area (Å²) in [6.45, 7) is 3.45. The molecule has 0 bridgehead atoms. The number of imidazole rings is 1. The lowest BCUT2D eigenvalue weighted by Gasteiger charge is -2.13. The summed E-state index contributed by atoms with van der Waals surface area (Å²) >= 11 is 1.47. The van der Waals surface area contributed by atoms with Gasteiger partial charge in [0.1, 0.15) is 22.9 Å². The number of hydrogen-bond donors (Lipinski definition) is 4. The zero-order valence-corrected chi connectivity index (χ0v) is 14.1. The molecule has 132 valence electrons. The van der Waals surface area contributed by atoms with Gasteiger partial charge in [0, 0.05) is 19.3 Å². The molecule has 2 aromatic heterocycles. The molecule has 0 saturated carbocycles. The number of aromatic nitrogens is 4. The fourth-order valence-electron chi connectivity index (χ4n) is 2.41. The highest BCUT2D eigenvalue weighted by Gasteiger charge is 2.35. The van der Waals surface area contributed by atoms with Crippen LogP contribution in [0, 0.1) is 0 Å². The van der Waals surface area contributed by atoms with Gasteiger partial charge in [-0.1, -0.05) is 17.8 Å². The van der Waals surface area contributed by atoms with E-state index < -0.39 is 18.4 Å². The number of nitrogens with zero attached hydrogens (tertiary/aromatic N) is 4. The zero-order valence-electron chi connectivity index (χ0n) is 13.2. The number of anilines is 1. The summed E-state index contributed by atoms with van der Waals surface area (Å²) in [5.74, 6) is 0.835. The van der Waals surface area contributed by atoms with Gasteiger partial charge in [-0.2, -0.15) is 4.98 Å². The predicted molar refractivity (Wildman–Crippen MR) is 90.4 cm³/mol. The van der Waals surface area contributed by atoms with Crippen LogP contribution in [0.2, 0.25) is 0 Å². The number of aliphatic hydroxyl groups is 3. The molecule has 2 aromatic rings. The van der Waals surface area contributed by atoms with Crippen molar-refractivity contribution in [3.63, 3.8) is 0 Å². The molecule has 0 spiro atoms. The molecule has 1 aliphatic rings. The van der Waals surface area contributed by atoms with Crippen molar-refractivity contribution in [2.75, 3.05) is 25.2 Å². The summed E-state index contributed by atoms with van der Waals surface area (Å²) in [6, 6.07) is 0. The zero-order chi connectivity index (χ0) is 17.7. The molecule has 0 amide bonds. The van der Waals surface area contributed by atoms with Crippen molar-refractivity contribution in [3.8, 4) is 0 Å². The maximum atomic E-state index is 9.86. The van der Waals surface area contributed by atoms with Gasteiger partial charge >= 0.3 is 0 Å². The van der Waals surface area contributed by atoms with Gasteiger partial charge in [-0.25, -0.2) is 9.97 Å². The summed E-state index contributed by atoms with van der Waals surface area (Å²) < 4.78 is 7.35. The maximum Gasteiger partial charge on any atom is 0.223 e. The SMILES string of the molecule is C=CCSc1nc(N)nc2c1ncn2C1CC(O)C(CO)O1.CO. The van der Waals surface area contributed by atoms with E-state index in [2.05, 4.69) is 21.5 Å². The van der Waals surface area contributed by atoms with Crippen LogP contribution in [0.5, 0.6) is 0 Å². The highest BCUT2D eigenvalue weighted by atomic mass is 32.2. The van der Waals surface area contributed by atoms with E-state index in [-0.39, 0.29) is 12.6 Å². The lowest BCUT2D eigenvalue weighted by molar-refractivity contribution is -0.0432. The van der Waals surface area contributed by atoms with Crippen molar-refractivity contribution in [1.82, 2.24) is 19.5 Å². The van der Waals surface area contributed by atoms with Gasteiger partial charge in [0.05, 0.1) is 19.0 Å². The molecular weight excluding hydrogens is 334 g/mol. The minimum atomic E-state index is -0.721. The largest absolute Gasteiger partial charge is 0.400 e. The monoisotopic (exact) mass is 355 g/mol. The molecular formula is C14H21N5O4S. The first-order valence-electron chi connectivity index (χ1n) is 7.27. The Hall–Kier alpha value is -1.72. The minimum Gasteiger partial charge on any atom is -0.400 e. The number of rotatable bonds is 5. The molecule has 3 atom stereocenters. The number of ether oxygens (including phenoxy) is 1. The fourth-order valence-corrected chi connectivity index (χ4v) is 3.12. The van der Waals surface area contributed by atoms with Gasteiger partial charge in [0.25, 0.3) is 0 Å². The summed E-state index contributed by atoms with van der Waals surface area (Å²) in [4.78, 5) is 12.8. The van der Waals surface area contributed by atoms with Crippen molar-refractivity contribution < 1.29 is 20.1 Å². The standard InChI is InChI=1S/C13H17N5O3S.CH4O/c1-2-3-22-12-10-11(16-13(14)17-12)18(6-15-10)9-4-7(20)8(5-19)21-9;1-2/h2,6-9,19-20H,1,3-5H2,(H2,14,16,17);2H,1H3. The Bertz CT molecular complexity index is 695. The molecule has 1 fully saturated rings. The molecule has 1 aliphatic heterocycles. The number of aliphatic hydroxyl groups excluding tert-OH is 3.